The standard InChI is InChI=1S/C14H18N4O4.ClH/c1-2-3-4-10(19)9-5-6-18-13(16-8-17-18)12(9)14(22)15-7-11(20)21;/h5-6,8,10,19H,2-4,7H2,1H3,(H,15,22)(H,20,21);1H. The van der Waals surface area contributed by atoms with Crippen LogP contribution >= 0.6 is 12.4 Å². The van der Waals surface area contributed by atoms with Gasteiger partial charge in [0, 0.05) is 6.20 Å². The molecule has 0 aromatic carbocycles. The Balaban J connectivity index is 0.00000264. The number of carbonyl (C=O) groups excluding carboxylic acids is 1. The van der Waals surface area contributed by atoms with Crippen molar-refractivity contribution in [3.63, 3.8) is 0 Å². The van der Waals surface area contributed by atoms with Gasteiger partial charge in [-0.3, -0.25) is 9.59 Å². The lowest BCUT2D eigenvalue weighted by Crippen LogP contribution is -2.31. The number of hydrogen-bond acceptors (Lipinski definition) is 5. The van der Waals surface area contributed by atoms with Crippen molar-refractivity contribution in [3.05, 3.63) is 29.7 Å². The second kappa shape index (κ2) is 8.44. The Hall–Kier alpha value is -2.19. The van der Waals surface area contributed by atoms with Crippen LogP contribution in [0.2, 0.25) is 0 Å². The molecule has 0 aliphatic heterocycles. The monoisotopic (exact) mass is 342 g/mol. The molecule has 2 aromatic heterocycles. The van der Waals surface area contributed by atoms with Crippen molar-refractivity contribution in [3.8, 4) is 0 Å². The highest BCUT2D eigenvalue weighted by atomic mass is 35.5. The normalized spacial score (nSPS) is 11.7. The SMILES string of the molecule is CCCCC(O)c1ccn2ncnc2c1C(=O)NCC(=O)O.Cl. The highest BCUT2D eigenvalue weighted by molar-refractivity contribution is 6.02. The highest BCUT2D eigenvalue weighted by Gasteiger charge is 2.22. The molecule has 8 nitrogen and oxygen atoms in total. The Morgan fingerprint density at radius 2 is 2.17 bits per heavy atom. The van der Waals surface area contributed by atoms with E-state index in [1.807, 2.05) is 6.92 Å². The molecule has 0 aliphatic rings. The molecule has 1 atom stereocenters. The first-order valence-corrected chi connectivity index (χ1v) is 7.05. The zero-order chi connectivity index (χ0) is 16.1. The minimum absolute atomic E-state index is 0. The van der Waals surface area contributed by atoms with Gasteiger partial charge in [0.1, 0.15) is 12.9 Å². The van der Waals surface area contributed by atoms with Crippen LogP contribution < -0.4 is 5.32 Å². The summed E-state index contributed by atoms with van der Waals surface area (Å²) in [5.74, 6) is -1.73. The Labute approximate surface area is 138 Å². The first kappa shape index (κ1) is 18.9. The molecule has 0 aliphatic carbocycles. The number of aliphatic hydroxyl groups excluding tert-OH is 1. The quantitative estimate of drug-likeness (QED) is 0.695. The van der Waals surface area contributed by atoms with Gasteiger partial charge in [0.25, 0.3) is 5.91 Å². The van der Waals surface area contributed by atoms with Gasteiger partial charge in [0.15, 0.2) is 5.65 Å². The molecule has 2 heterocycles. The Kier molecular flexibility index (Phi) is 6.92. The predicted molar refractivity (Wildman–Crippen MR) is 84.7 cm³/mol. The molecule has 1 amide bonds. The number of aromatic nitrogens is 3. The molecule has 1 unspecified atom stereocenters. The number of carboxylic acids is 1. The van der Waals surface area contributed by atoms with Gasteiger partial charge >= 0.3 is 5.97 Å². The lowest BCUT2D eigenvalue weighted by atomic mass is 9.99. The third-order valence-electron chi connectivity index (χ3n) is 3.30. The van der Waals surface area contributed by atoms with E-state index >= 15 is 0 Å². The molecule has 0 spiro atoms. The molecular formula is C14H19ClN4O4. The lowest BCUT2D eigenvalue weighted by Gasteiger charge is -2.15. The van der Waals surface area contributed by atoms with Crippen LogP contribution in [0, 0.1) is 0 Å². The van der Waals surface area contributed by atoms with Crippen LogP contribution in [0.1, 0.15) is 48.2 Å². The number of fused-ring (bicyclic) bond motifs is 1. The van der Waals surface area contributed by atoms with Crippen LogP contribution in [0.3, 0.4) is 0 Å². The van der Waals surface area contributed by atoms with E-state index in [9.17, 15) is 14.7 Å². The van der Waals surface area contributed by atoms with E-state index in [0.717, 1.165) is 12.8 Å². The molecule has 2 aromatic rings. The number of aliphatic carboxylic acids is 1. The number of unbranched alkanes of at least 4 members (excludes halogenated alkanes) is 1. The van der Waals surface area contributed by atoms with Crippen molar-refractivity contribution in [1.29, 1.82) is 0 Å². The molecule has 0 saturated carbocycles. The molecular weight excluding hydrogens is 324 g/mol. The van der Waals surface area contributed by atoms with E-state index in [0.29, 0.717) is 12.0 Å². The van der Waals surface area contributed by atoms with Gasteiger partial charge in [-0.15, -0.1) is 12.4 Å². The van der Waals surface area contributed by atoms with Gasteiger partial charge in [-0.25, -0.2) is 9.50 Å². The predicted octanol–water partition coefficient (Wildman–Crippen LogP) is 1.19. The summed E-state index contributed by atoms with van der Waals surface area (Å²) in [5.41, 5.74) is 0.873. The van der Waals surface area contributed by atoms with Gasteiger partial charge in [0.2, 0.25) is 0 Å². The summed E-state index contributed by atoms with van der Waals surface area (Å²) in [4.78, 5) is 26.9. The van der Waals surface area contributed by atoms with E-state index in [1.54, 1.807) is 12.3 Å². The Bertz CT molecular complexity index is 688. The average molecular weight is 343 g/mol. The van der Waals surface area contributed by atoms with E-state index in [4.69, 9.17) is 5.11 Å². The molecule has 23 heavy (non-hydrogen) atoms. The number of halogens is 1. The second-order valence-electron chi connectivity index (χ2n) is 4.91. The van der Waals surface area contributed by atoms with Crippen LogP contribution in [0.4, 0.5) is 0 Å². The third kappa shape index (κ3) is 4.40. The van der Waals surface area contributed by atoms with E-state index < -0.39 is 24.5 Å². The van der Waals surface area contributed by atoms with E-state index in [1.165, 1.54) is 10.8 Å². The lowest BCUT2D eigenvalue weighted by molar-refractivity contribution is -0.135. The maximum absolute atomic E-state index is 12.3. The first-order valence-electron chi connectivity index (χ1n) is 7.05. The maximum atomic E-state index is 12.3. The highest BCUT2D eigenvalue weighted by Crippen LogP contribution is 2.25. The Morgan fingerprint density at radius 3 is 2.83 bits per heavy atom. The van der Waals surface area contributed by atoms with Crippen LogP contribution in [0.25, 0.3) is 5.65 Å². The summed E-state index contributed by atoms with van der Waals surface area (Å²) in [5, 5.41) is 25.2. The number of pyridine rings is 1. The van der Waals surface area contributed by atoms with Crippen LogP contribution in [0.5, 0.6) is 0 Å². The molecule has 0 bridgehead atoms. The summed E-state index contributed by atoms with van der Waals surface area (Å²) in [6.45, 7) is 1.51. The Morgan fingerprint density at radius 1 is 1.43 bits per heavy atom. The topological polar surface area (TPSA) is 117 Å². The fourth-order valence-electron chi connectivity index (χ4n) is 2.21. The van der Waals surface area contributed by atoms with E-state index in [2.05, 4.69) is 15.4 Å². The van der Waals surface area contributed by atoms with Crippen LogP contribution in [-0.2, 0) is 4.79 Å². The molecule has 0 radical (unpaired) electrons. The van der Waals surface area contributed by atoms with Crippen molar-refractivity contribution in [2.45, 2.75) is 32.3 Å². The van der Waals surface area contributed by atoms with Gasteiger partial charge < -0.3 is 15.5 Å². The van der Waals surface area contributed by atoms with Crippen molar-refractivity contribution < 1.29 is 19.8 Å². The number of rotatable bonds is 7. The number of nitrogens with zero attached hydrogens (tertiary/aromatic N) is 3. The maximum Gasteiger partial charge on any atom is 0.322 e. The number of nitrogens with one attached hydrogen (secondary N) is 1. The van der Waals surface area contributed by atoms with Gasteiger partial charge in [-0.1, -0.05) is 19.8 Å². The van der Waals surface area contributed by atoms with Crippen LogP contribution in [-0.4, -0.2) is 43.2 Å². The van der Waals surface area contributed by atoms with Crippen molar-refractivity contribution >= 4 is 29.9 Å². The number of hydrogen-bond donors (Lipinski definition) is 3. The molecule has 2 rings (SSSR count). The van der Waals surface area contributed by atoms with Crippen molar-refractivity contribution in [1.82, 2.24) is 19.9 Å². The minimum Gasteiger partial charge on any atom is -0.480 e. The van der Waals surface area contributed by atoms with Gasteiger partial charge in [0.05, 0.1) is 11.7 Å². The third-order valence-corrected chi connectivity index (χ3v) is 3.30. The van der Waals surface area contributed by atoms with E-state index in [-0.39, 0.29) is 23.6 Å². The number of carboxylic acid groups (broad SMARTS) is 1. The molecule has 0 fully saturated rings. The van der Waals surface area contributed by atoms with Crippen molar-refractivity contribution in [2.75, 3.05) is 6.54 Å². The zero-order valence-corrected chi connectivity index (χ0v) is 13.4. The number of carbonyl (C=O) groups is 2. The van der Waals surface area contributed by atoms with Gasteiger partial charge in [-0.2, -0.15) is 5.10 Å². The summed E-state index contributed by atoms with van der Waals surface area (Å²) < 4.78 is 1.41. The number of amides is 1. The molecule has 0 saturated heterocycles. The molecule has 3 N–H and O–H groups in total. The summed E-state index contributed by atoms with van der Waals surface area (Å²) >= 11 is 0. The number of aliphatic hydroxyl groups is 1. The minimum atomic E-state index is -1.14. The first-order chi connectivity index (χ1) is 10.5. The fraction of sp³-hybridized carbons (Fsp3) is 0.429. The van der Waals surface area contributed by atoms with Crippen LogP contribution in [0.15, 0.2) is 18.6 Å². The largest absolute Gasteiger partial charge is 0.480 e. The van der Waals surface area contributed by atoms with Gasteiger partial charge in [-0.05, 0) is 18.1 Å². The smallest absolute Gasteiger partial charge is 0.322 e. The zero-order valence-electron chi connectivity index (χ0n) is 12.6. The summed E-state index contributed by atoms with van der Waals surface area (Å²) in [6, 6.07) is 1.61. The van der Waals surface area contributed by atoms with Crippen molar-refractivity contribution in [2.24, 2.45) is 0 Å². The second-order valence-corrected chi connectivity index (χ2v) is 4.91. The summed E-state index contributed by atoms with van der Waals surface area (Å²) in [7, 11) is 0. The average Bonchev–Trinajstić information content (AvgIpc) is 2.97. The molecule has 9 heteroatoms. The fourth-order valence-corrected chi connectivity index (χ4v) is 2.21. The molecule has 126 valence electrons. The summed E-state index contributed by atoms with van der Waals surface area (Å²) in [6.07, 6.45) is 4.35.